The highest BCUT2D eigenvalue weighted by Crippen LogP contribution is 2.49. The van der Waals surface area contributed by atoms with Crippen molar-refractivity contribution in [1.82, 2.24) is 0 Å². The first-order valence-corrected chi connectivity index (χ1v) is 17.3. The molecule has 0 amide bonds. The fourth-order valence-electron chi connectivity index (χ4n) is 4.39. The normalized spacial score (nSPS) is 22.9. The van der Waals surface area contributed by atoms with Crippen molar-refractivity contribution in [2.75, 3.05) is 0 Å². The minimum atomic E-state index is -1.83. The lowest BCUT2D eigenvalue weighted by Gasteiger charge is -2.46. The molecule has 0 aliphatic heterocycles. The number of allylic oxidation sites excluding steroid dienone is 2. The monoisotopic (exact) mass is 416 g/mol. The highest BCUT2D eigenvalue weighted by molar-refractivity contribution is 6.91. The zero-order valence-electron chi connectivity index (χ0n) is 20.1. The maximum Gasteiger partial charge on any atom is 0.250 e. The topological polar surface area (TPSA) is 9.23 Å². The van der Waals surface area contributed by atoms with Gasteiger partial charge in [0.05, 0.1) is 13.8 Å². The first-order valence-electron chi connectivity index (χ1n) is 11.3. The molecule has 2 rings (SSSR count). The Hall–Kier alpha value is -0.806. The average molecular weight is 417 g/mol. The lowest BCUT2D eigenvalue weighted by atomic mass is 9.82. The number of hydrogen-bond donors (Lipinski definition) is 0. The molecular weight excluding hydrogens is 372 g/mol. The van der Waals surface area contributed by atoms with E-state index < -0.39 is 16.4 Å². The third-order valence-electron chi connectivity index (χ3n) is 7.59. The summed E-state index contributed by atoms with van der Waals surface area (Å²) in [5, 5.41) is 1.82. The fraction of sp³-hybridized carbons (Fsp3) is 0.680. The van der Waals surface area contributed by atoms with Crippen LogP contribution in [0.1, 0.15) is 60.8 Å². The Morgan fingerprint density at radius 1 is 1.07 bits per heavy atom. The third-order valence-corrected chi connectivity index (χ3v) is 16.1. The van der Waals surface area contributed by atoms with Gasteiger partial charge in [0.1, 0.15) is 0 Å². The Labute approximate surface area is 177 Å². The van der Waals surface area contributed by atoms with Crippen molar-refractivity contribution >= 4 is 21.6 Å². The van der Waals surface area contributed by atoms with E-state index in [0.29, 0.717) is 17.4 Å². The van der Waals surface area contributed by atoms with Crippen LogP contribution in [0.25, 0.3) is 0 Å². The predicted octanol–water partition coefficient (Wildman–Crippen LogP) is 7.72. The van der Waals surface area contributed by atoms with E-state index in [2.05, 4.69) is 98.1 Å². The van der Waals surface area contributed by atoms with Gasteiger partial charge in [-0.05, 0) is 53.9 Å². The molecule has 1 nitrogen and oxygen atoms in total. The molecular formula is C25H44OSi2. The summed E-state index contributed by atoms with van der Waals surface area (Å²) in [6.45, 7) is 24.3. The summed E-state index contributed by atoms with van der Waals surface area (Å²) in [7, 11) is -3.48. The SMILES string of the molecule is CC[C@H](C)C1=C(O[Si](C)(C)C(C)(C)C)C[C@H](C)C[C@H]1[Si](C)(C)c1ccccc1. The van der Waals surface area contributed by atoms with Crippen molar-refractivity contribution in [2.24, 2.45) is 11.8 Å². The molecule has 1 aromatic rings. The summed E-state index contributed by atoms with van der Waals surface area (Å²) in [5.74, 6) is 2.68. The van der Waals surface area contributed by atoms with Crippen molar-refractivity contribution in [2.45, 2.75) is 97.6 Å². The van der Waals surface area contributed by atoms with E-state index in [1.54, 1.807) is 10.8 Å². The van der Waals surface area contributed by atoms with Gasteiger partial charge < -0.3 is 4.43 Å². The third kappa shape index (κ3) is 4.84. The molecule has 0 saturated heterocycles. The Morgan fingerprint density at radius 3 is 2.14 bits per heavy atom. The summed E-state index contributed by atoms with van der Waals surface area (Å²) in [4.78, 5) is 0. The van der Waals surface area contributed by atoms with Gasteiger partial charge in [-0.15, -0.1) is 0 Å². The quantitative estimate of drug-likeness (QED) is 0.431. The van der Waals surface area contributed by atoms with Gasteiger partial charge in [-0.1, -0.05) is 90.2 Å². The predicted molar refractivity (Wildman–Crippen MR) is 130 cm³/mol. The van der Waals surface area contributed by atoms with E-state index >= 15 is 0 Å². The van der Waals surface area contributed by atoms with E-state index in [1.807, 2.05) is 0 Å². The van der Waals surface area contributed by atoms with Gasteiger partial charge in [0, 0.05) is 6.42 Å². The van der Waals surface area contributed by atoms with Crippen LogP contribution in [0.4, 0.5) is 0 Å². The molecule has 0 fully saturated rings. The maximum atomic E-state index is 7.05. The van der Waals surface area contributed by atoms with Gasteiger partial charge in [-0.3, -0.25) is 0 Å². The number of benzene rings is 1. The Morgan fingerprint density at radius 2 is 1.64 bits per heavy atom. The average Bonchev–Trinajstić information content (AvgIpc) is 2.60. The van der Waals surface area contributed by atoms with Crippen molar-refractivity contribution in [3.8, 4) is 0 Å². The molecule has 28 heavy (non-hydrogen) atoms. The van der Waals surface area contributed by atoms with E-state index in [9.17, 15) is 0 Å². The van der Waals surface area contributed by atoms with Gasteiger partial charge in [0.2, 0.25) is 8.32 Å². The molecule has 0 aromatic heterocycles. The van der Waals surface area contributed by atoms with Crippen molar-refractivity contribution < 1.29 is 4.43 Å². The second kappa shape index (κ2) is 8.51. The minimum absolute atomic E-state index is 0.239. The van der Waals surface area contributed by atoms with Crippen LogP contribution in [0.15, 0.2) is 41.7 Å². The molecule has 1 aliphatic rings. The molecule has 0 N–H and O–H groups in total. The van der Waals surface area contributed by atoms with E-state index in [0.717, 1.165) is 6.42 Å². The standard InChI is InChI=1S/C25H44OSi2/c1-11-20(3)24-22(26-28(9,10)25(4,5)6)17-19(2)18-23(24)27(7,8)21-15-13-12-14-16-21/h12-16,19-20,23H,11,17-18H2,1-10H3/t19-,20-,23+/m0/s1. The summed E-state index contributed by atoms with van der Waals surface area (Å²) in [6.07, 6.45) is 3.64. The first kappa shape index (κ1) is 23.5. The van der Waals surface area contributed by atoms with Gasteiger partial charge in [0.15, 0.2) is 0 Å². The second-order valence-electron chi connectivity index (χ2n) is 11.2. The van der Waals surface area contributed by atoms with E-state index in [4.69, 9.17) is 4.43 Å². The van der Waals surface area contributed by atoms with Gasteiger partial charge in [0.25, 0.3) is 0 Å². The van der Waals surface area contributed by atoms with E-state index in [-0.39, 0.29) is 5.04 Å². The molecule has 3 atom stereocenters. The molecule has 0 bridgehead atoms. The summed E-state index contributed by atoms with van der Waals surface area (Å²) in [5.41, 5.74) is 2.35. The molecule has 0 saturated carbocycles. The van der Waals surface area contributed by atoms with Crippen molar-refractivity contribution in [3.05, 3.63) is 41.7 Å². The Balaban J connectivity index is 2.58. The highest BCUT2D eigenvalue weighted by Gasteiger charge is 2.45. The van der Waals surface area contributed by atoms with Crippen LogP contribution in [0.3, 0.4) is 0 Å². The van der Waals surface area contributed by atoms with Crippen LogP contribution in [-0.4, -0.2) is 16.4 Å². The van der Waals surface area contributed by atoms with Gasteiger partial charge in [-0.2, -0.15) is 0 Å². The Bertz CT molecular complexity index is 682. The summed E-state index contributed by atoms with van der Waals surface area (Å²) >= 11 is 0. The largest absolute Gasteiger partial charge is 0.547 e. The molecule has 3 heteroatoms. The molecule has 0 heterocycles. The van der Waals surface area contributed by atoms with Crippen LogP contribution in [0.5, 0.6) is 0 Å². The molecule has 158 valence electrons. The van der Waals surface area contributed by atoms with Crippen molar-refractivity contribution in [3.63, 3.8) is 0 Å². The van der Waals surface area contributed by atoms with Gasteiger partial charge in [-0.25, -0.2) is 0 Å². The van der Waals surface area contributed by atoms with Crippen LogP contribution >= 0.6 is 0 Å². The highest BCUT2D eigenvalue weighted by atomic mass is 28.4. The summed E-state index contributed by atoms with van der Waals surface area (Å²) < 4.78 is 7.05. The summed E-state index contributed by atoms with van der Waals surface area (Å²) in [6, 6.07) is 11.3. The minimum Gasteiger partial charge on any atom is -0.547 e. The molecule has 1 aliphatic carbocycles. The van der Waals surface area contributed by atoms with Crippen LogP contribution in [0, 0.1) is 11.8 Å². The Kier molecular flexibility index (Phi) is 7.14. The smallest absolute Gasteiger partial charge is 0.250 e. The van der Waals surface area contributed by atoms with Gasteiger partial charge >= 0.3 is 0 Å². The molecule has 0 radical (unpaired) electrons. The van der Waals surface area contributed by atoms with Crippen LogP contribution in [0.2, 0.25) is 36.8 Å². The molecule has 0 spiro atoms. The number of rotatable bonds is 6. The van der Waals surface area contributed by atoms with Crippen LogP contribution in [-0.2, 0) is 4.43 Å². The molecule has 0 unspecified atom stereocenters. The van der Waals surface area contributed by atoms with E-state index in [1.165, 1.54) is 18.6 Å². The maximum absolute atomic E-state index is 7.05. The van der Waals surface area contributed by atoms with Crippen LogP contribution < -0.4 is 5.19 Å². The lowest BCUT2D eigenvalue weighted by Crippen LogP contribution is -2.49. The molecule has 1 aromatic carbocycles. The van der Waals surface area contributed by atoms with Crippen molar-refractivity contribution in [1.29, 1.82) is 0 Å². The fourth-order valence-corrected chi connectivity index (χ4v) is 9.19. The lowest BCUT2D eigenvalue weighted by molar-refractivity contribution is 0.300. The number of hydrogen-bond acceptors (Lipinski definition) is 1. The zero-order valence-corrected chi connectivity index (χ0v) is 22.1. The zero-order chi connectivity index (χ0) is 21.3. The first-order chi connectivity index (χ1) is 12.8. The second-order valence-corrected chi connectivity index (χ2v) is 20.7.